The quantitative estimate of drug-likeness (QED) is 0.0256. The second-order valence-corrected chi connectivity index (χ2v) is 13.9. The van der Waals surface area contributed by atoms with Crippen molar-refractivity contribution >= 4 is 28.8 Å². The molecule has 15 heteroatoms. The average Bonchev–Trinajstić information content (AvgIpc) is 3.67. The van der Waals surface area contributed by atoms with Crippen molar-refractivity contribution in [1.82, 2.24) is 15.0 Å². The summed E-state index contributed by atoms with van der Waals surface area (Å²) in [6.07, 6.45) is 5.65. The number of aliphatic imine (C=N–C) groups is 1. The molecule has 1 aromatic heterocycles. The van der Waals surface area contributed by atoms with E-state index >= 15 is 0 Å². The molecule has 0 radical (unpaired) electrons. The lowest BCUT2D eigenvalue weighted by Gasteiger charge is -2.26. The second kappa shape index (κ2) is 27.3. The molecule has 0 saturated carbocycles. The first-order valence-corrected chi connectivity index (χ1v) is 20.7. The zero-order chi connectivity index (χ0) is 42.0. The zero-order valence-corrected chi connectivity index (χ0v) is 35.6. The van der Waals surface area contributed by atoms with Crippen LogP contribution in [0.2, 0.25) is 0 Å². The lowest BCUT2D eigenvalue weighted by Crippen LogP contribution is -2.28. The molecule has 2 heterocycles. The van der Waals surface area contributed by atoms with Gasteiger partial charge >= 0.3 is 0 Å². The summed E-state index contributed by atoms with van der Waals surface area (Å²) in [6.45, 7) is 10.1. The number of ether oxygens (including phenoxy) is 9. The van der Waals surface area contributed by atoms with Crippen LogP contribution >= 0.6 is 12.2 Å². The van der Waals surface area contributed by atoms with E-state index in [2.05, 4.69) is 93.0 Å². The third kappa shape index (κ3) is 15.5. The van der Waals surface area contributed by atoms with Crippen molar-refractivity contribution in [2.45, 2.75) is 32.5 Å². The molecule has 60 heavy (non-hydrogen) atoms. The number of aryl methyl sites for hydroxylation is 1. The van der Waals surface area contributed by atoms with Gasteiger partial charge in [-0.15, -0.1) is 11.5 Å². The highest BCUT2D eigenvalue weighted by Crippen LogP contribution is 2.40. The molecule has 3 aromatic carbocycles. The summed E-state index contributed by atoms with van der Waals surface area (Å²) in [4.78, 5) is 6.25. The normalized spacial score (nSPS) is 12.4. The average molecular weight is 844 g/mol. The van der Waals surface area contributed by atoms with Crippen LogP contribution in [0.25, 0.3) is 22.5 Å². The molecule has 0 N–H and O–H groups in total. The van der Waals surface area contributed by atoms with Crippen LogP contribution in [0.1, 0.15) is 17.5 Å². The number of para-hydroxylation sites is 1. The number of hydrogen-bond acceptors (Lipinski definition) is 14. The number of hydrogen-bond donors (Lipinski definition) is 0. The van der Waals surface area contributed by atoms with E-state index in [0.29, 0.717) is 106 Å². The molecule has 1 unspecified atom stereocenters. The van der Waals surface area contributed by atoms with Crippen LogP contribution in [-0.2, 0) is 51.0 Å². The van der Waals surface area contributed by atoms with Gasteiger partial charge in [0.15, 0.2) is 0 Å². The summed E-state index contributed by atoms with van der Waals surface area (Å²) in [5, 5.41) is 11.6. The van der Waals surface area contributed by atoms with Gasteiger partial charge in [0.25, 0.3) is 0 Å². The zero-order valence-electron chi connectivity index (χ0n) is 34.8. The Labute approximate surface area is 359 Å². The predicted octanol–water partition coefficient (Wildman–Crippen LogP) is 6.21. The van der Waals surface area contributed by atoms with E-state index in [4.69, 9.17) is 49.1 Å². The number of aromatic nitrogens is 3. The lowest BCUT2D eigenvalue weighted by molar-refractivity contribution is -0.0828. The van der Waals surface area contributed by atoms with E-state index in [9.17, 15) is 0 Å². The number of anilines is 1. The predicted molar refractivity (Wildman–Crippen MR) is 233 cm³/mol. The Morgan fingerprint density at radius 2 is 1.40 bits per heavy atom. The Hall–Kier alpha value is -4.56. The second-order valence-electron chi connectivity index (χ2n) is 13.7. The number of fused-ring (bicyclic) bond motifs is 5. The minimum absolute atomic E-state index is 0.271. The highest BCUT2D eigenvalue weighted by molar-refractivity contribution is 7.78. The van der Waals surface area contributed by atoms with Gasteiger partial charge < -0.3 is 47.5 Å². The third-order valence-electron chi connectivity index (χ3n) is 9.32. The topological polar surface area (TPSA) is 129 Å². The molecule has 0 bridgehead atoms. The van der Waals surface area contributed by atoms with Crippen molar-refractivity contribution in [3.63, 3.8) is 0 Å². The number of nitrogens with zero attached hydrogens (tertiary/aromatic N) is 5. The molecule has 0 aliphatic carbocycles. The summed E-state index contributed by atoms with van der Waals surface area (Å²) in [5.74, 6) is 3.21. The summed E-state index contributed by atoms with van der Waals surface area (Å²) in [6, 6.07) is 22.4. The number of rotatable bonds is 30. The Morgan fingerprint density at radius 3 is 2.17 bits per heavy atom. The van der Waals surface area contributed by atoms with Gasteiger partial charge in [-0.3, -0.25) is 0 Å². The van der Waals surface area contributed by atoms with Gasteiger partial charge in [-0.1, -0.05) is 53.6 Å². The van der Waals surface area contributed by atoms with Crippen molar-refractivity contribution in [3.05, 3.63) is 77.9 Å². The van der Waals surface area contributed by atoms with Gasteiger partial charge in [-0.05, 0) is 61.0 Å². The van der Waals surface area contributed by atoms with Gasteiger partial charge in [0.05, 0.1) is 102 Å². The minimum Gasteiger partial charge on any atom is -0.491 e. The summed E-state index contributed by atoms with van der Waals surface area (Å²) < 4.78 is 53.8. The van der Waals surface area contributed by atoms with Gasteiger partial charge in [0.2, 0.25) is 0 Å². The maximum absolute atomic E-state index is 6.06. The molecule has 5 rings (SSSR count). The SMILES string of the molecule is C#CCOCCOCCOCC(COCCCOCCn1nnc2c1-c1ccccc1CN(C)c1ccccc1-2)OCCOCCOCCOc1ccc(N=C=S)cc1C. The van der Waals surface area contributed by atoms with Crippen molar-refractivity contribution in [3.8, 4) is 40.6 Å². The largest absolute Gasteiger partial charge is 0.491 e. The molecule has 0 saturated heterocycles. The van der Waals surface area contributed by atoms with Crippen LogP contribution in [0.15, 0.2) is 71.7 Å². The van der Waals surface area contributed by atoms with Crippen LogP contribution in [0.5, 0.6) is 5.75 Å². The molecule has 4 aromatic rings. The molecule has 1 aliphatic rings. The molecule has 0 spiro atoms. The van der Waals surface area contributed by atoms with Crippen molar-refractivity contribution in [2.75, 3.05) is 118 Å². The van der Waals surface area contributed by atoms with Crippen LogP contribution < -0.4 is 9.64 Å². The first kappa shape index (κ1) is 46.5. The maximum Gasteiger partial charge on any atom is 0.123 e. The Bertz CT molecular complexity index is 1950. The van der Waals surface area contributed by atoms with E-state index in [1.54, 1.807) is 0 Å². The Morgan fingerprint density at radius 1 is 0.750 bits per heavy atom. The van der Waals surface area contributed by atoms with E-state index in [-0.39, 0.29) is 12.7 Å². The third-order valence-corrected chi connectivity index (χ3v) is 9.41. The summed E-state index contributed by atoms with van der Waals surface area (Å²) >= 11 is 4.67. The highest BCUT2D eigenvalue weighted by atomic mass is 32.1. The monoisotopic (exact) mass is 843 g/mol. The van der Waals surface area contributed by atoms with Crippen LogP contribution in [0.4, 0.5) is 11.4 Å². The van der Waals surface area contributed by atoms with E-state index < -0.39 is 0 Å². The van der Waals surface area contributed by atoms with Gasteiger partial charge in [-0.25, -0.2) is 4.68 Å². The van der Waals surface area contributed by atoms with Crippen molar-refractivity contribution in [2.24, 2.45) is 4.99 Å². The molecule has 1 aliphatic heterocycles. The molecule has 322 valence electrons. The fraction of sp³-hybridized carbons (Fsp3) is 0.489. The lowest BCUT2D eigenvalue weighted by atomic mass is 9.96. The fourth-order valence-electron chi connectivity index (χ4n) is 6.44. The van der Waals surface area contributed by atoms with Crippen molar-refractivity contribution in [1.29, 1.82) is 0 Å². The summed E-state index contributed by atoms with van der Waals surface area (Å²) in [5.41, 5.74) is 8.17. The van der Waals surface area contributed by atoms with Crippen LogP contribution in [-0.4, -0.2) is 139 Å². The fourth-order valence-corrected chi connectivity index (χ4v) is 6.54. The standard InChI is InChI=1S/C45H57N5O9S/c1-4-17-51-21-22-53-25-26-57-34-39(58-29-27-54-23-24-55-28-30-59-43-15-14-38(46-35-60)31-36(43)2)33-56-19-9-18-52-20-16-50-45-40-11-6-5-10-37(40)32-49(3)42-13-8-7-12-41(42)44(45)47-48-50/h1,5-8,10-15,31,39H,9,16-30,32-34H2,2-3H3. The van der Waals surface area contributed by atoms with E-state index in [1.807, 2.05) is 35.9 Å². The molecule has 0 amide bonds. The number of benzene rings is 3. The number of terminal acetylenes is 1. The Balaban J connectivity index is 0.970. The Kier molecular flexibility index (Phi) is 21.2. The molecule has 0 fully saturated rings. The van der Waals surface area contributed by atoms with E-state index in [1.165, 1.54) is 5.56 Å². The maximum atomic E-state index is 6.06. The molecule has 14 nitrogen and oxygen atoms in total. The minimum atomic E-state index is -0.277. The van der Waals surface area contributed by atoms with Crippen LogP contribution in [0.3, 0.4) is 0 Å². The highest BCUT2D eigenvalue weighted by Gasteiger charge is 2.25. The van der Waals surface area contributed by atoms with Gasteiger partial charge in [0, 0.05) is 43.6 Å². The molecular weight excluding hydrogens is 787 g/mol. The summed E-state index contributed by atoms with van der Waals surface area (Å²) in [7, 11) is 2.11. The van der Waals surface area contributed by atoms with E-state index in [0.717, 1.165) is 58.2 Å². The van der Waals surface area contributed by atoms with Gasteiger partial charge in [0.1, 0.15) is 30.8 Å². The molecular formula is C45H57N5O9S. The first-order chi connectivity index (χ1) is 29.6. The number of isothiocyanates is 1. The first-order valence-electron chi connectivity index (χ1n) is 20.3. The van der Waals surface area contributed by atoms with Crippen molar-refractivity contribution < 1.29 is 42.6 Å². The molecule has 1 atom stereocenters. The smallest absolute Gasteiger partial charge is 0.123 e. The number of thiocarbonyl (C=S) groups is 1. The van der Waals surface area contributed by atoms with Crippen LogP contribution in [0, 0.1) is 19.3 Å². The van der Waals surface area contributed by atoms with Gasteiger partial charge in [-0.2, -0.15) is 4.99 Å².